The second-order valence-corrected chi connectivity index (χ2v) is 8.99. The molecule has 0 radical (unpaired) electrons. The molecule has 4 aromatic rings. The van der Waals surface area contributed by atoms with Gasteiger partial charge in [-0.1, -0.05) is 42.5 Å². The summed E-state index contributed by atoms with van der Waals surface area (Å²) in [4.78, 5) is 27.9. The summed E-state index contributed by atoms with van der Waals surface area (Å²) in [6.45, 7) is 2.50. The van der Waals surface area contributed by atoms with E-state index in [0.29, 0.717) is 16.6 Å². The molecular formula is C26H19FN4O3S. The minimum atomic E-state index is -0.461. The zero-order valence-corrected chi connectivity index (χ0v) is 19.4. The molecule has 1 N–H and O–H groups in total. The number of hydrogen-bond donors (Lipinski definition) is 1. The molecule has 1 saturated heterocycles. The Kier molecular flexibility index (Phi) is 5.92. The number of hydrogen-bond acceptors (Lipinski definition) is 5. The van der Waals surface area contributed by atoms with Gasteiger partial charge in [0.15, 0.2) is 5.17 Å². The summed E-state index contributed by atoms with van der Waals surface area (Å²) in [5, 5.41) is 15.0. The zero-order valence-electron chi connectivity index (χ0n) is 18.6. The van der Waals surface area contributed by atoms with Gasteiger partial charge in [0.2, 0.25) is 0 Å². The van der Waals surface area contributed by atoms with Crippen LogP contribution in [0, 0.1) is 22.9 Å². The van der Waals surface area contributed by atoms with E-state index in [0.717, 1.165) is 39.5 Å². The number of nitrogens with one attached hydrogen (secondary N) is 1. The molecule has 35 heavy (non-hydrogen) atoms. The lowest BCUT2D eigenvalue weighted by Crippen LogP contribution is -2.19. The monoisotopic (exact) mass is 486 g/mol. The first kappa shape index (κ1) is 22.5. The van der Waals surface area contributed by atoms with E-state index in [1.54, 1.807) is 30.3 Å². The molecule has 5 rings (SSSR count). The number of nitrogens with zero attached hydrogens (tertiary/aromatic N) is 3. The molecule has 9 heteroatoms. The lowest BCUT2D eigenvalue weighted by atomic mass is 10.1. The number of rotatable bonds is 5. The van der Waals surface area contributed by atoms with Crippen LogP contribution in [0.15, 0.2) is 82.7 Å². The van der Waals surface area contributed by atoms with Gasteiger partial charge in [0.05, 0.1) is 9.83 Å². The van der Waals surface area contributed by atoms with Crippen LogP contribution in [-0.4, -0.2) is 20.6 Å². The third-order valence-electron chi connectivity index (χ3n) is 5.77. The van der Waals surface area contributed by atoms with E-state index in [1.807, 2.05) is 37.3 Å². The molecule has 0 spiro atoms. The molecule has 0 saturated carbocycles. The van der Waals surface area contributed by atoms with Crippen molar-refractivity contribution in [2.75, 3.05) is 0 Å². The minimum Gasteiger partial charge on any atom is -0.340 e. The molecule has 1 amide bonds. The summed E-state index contributed by atoms with van der Waals surface area (Å²) in [6, 6.07) is 20.5. The highest BCUT2D eigenvalue weighted by Gasteiger charge is 2.25. The van der Waals surface area contributed by atoms with Crippen molar-refractivity contribution in [2.45, 2.75) is 13.5 Å². The lowest BCUT2D eigenvalue weighted by Gasteiger charge is -2.09. The van der Waals surface area contributed by atoms with Crippen molar-refractivity contribution < 1.29 is 14.1 Å². The molecule has 7 nitrogen and oxygen atoms in total. The highest BCUT2D eigenvalue weighted by atomic mass is 32.2. The van der Waals surface area contributed by atoms with Crippen LogP contribution in [0.3, 0.4) is 0 Å². The van der Waals surface area contributed by atoms with Crippen LogP contribution in [0.5, 0.6) is 0 Å². The SMILES string of the molecule is Cc1c(/C=C2\SC(=Nc3ccccc3F)NC2=O)c2ccccc2n1Cc1ccc([N+](=O)[O-])cc1. The zero-order chi connectivity index (χ0) is 24.5. The fourth-order valence-electron chi connectivity index (χ4n) is 4.01. The van der Waals surface area contributed by atoms with Gasteiger partial charge in [0, 0.05) is 40.8 Å². The van der Waals surface area contributed by atoms with E-state index in [9.17, 15) is 19.3 Å². The van der Waals surface area contributed by atoms with Gasteiger partial charge in [-0.05, 0) is 48.5 Å². The Hall–Kier alpha value is -4.24. The number of aliphatic imine (C=N–C) groups is 1. The predicted molar refractivity (Wildman–Crippen MR) is 136 cm³/mol. The second kappa shape index (κ2) is 9.19. The van der Waals surface area contributed by atoms with E-state index >= 15 is 0 Å². The average Bonchev–Trinajstić information content (AvgIpc) is 3.33. The van der Waals surface area contributed by atoms with Gasteiger partial charge in [-0.15, -0.1) is 0 Å². The van der Waals surface area contributed by atoms with Gasteiger partial charge < -0.3 is 9.88 Å². The van der Waals surface area contributed by atoms with Crippen molar-refractivity contribution in [3.8, 4) is 0 Å². The molecule has 1 aliphatic heterocycles. The number of non-ortho nitro benzene ring substituents is 1. The van der Waals surface area contributed by atoms with E-state index < -0.39 is 10.7 Å². The molecule has 2 heterocycles. The Bertz CT molecular complexity index is 1540. The summed E-state index contributed by atoms with van der Waals surface area (Å²) in [5.41, 5.74) is 3.96. The summed E-state index contributed by atoms with van der Waals surface area (Å²) in [6.07, 6.45) is 1.83. The maximum absolute atomic E-state index is 14.0. The highest BCUT2D eigenvalue weighted by Crippen LogP contribution is 2.34. The van der Waals surface area contributed by atoms with E-state index in [4.69, 9.17) is 0 Å². The summed E-state index contributed by atoms with van der Waals surface area (Å²) in [5.74, 6) is -0.755. The molecule has 0 unspecified atom stereocenters. The molecule has 3 aromatic carbocycles. The molecule has 1 aliphatic rings. The Morgan fingerprint density at radius 2 is 1.80 bits per heavy atom. The fraction of sp³-hybridized carbons (Fsp3) is 0.0769. The van der Waals surface area contributed by atoms with Crippen LogP contribution in [0.2, 0.25) is 0 Å². The Balaban J connectivity index is 1.50. The largest absolute Gasteiger partial charge is 0.340 e. The Labute approximate surface area is 204 Å². The van der Waals surface area contributed by atoms with Gasteiger partial charge >= 0.3 is 0 Å². The van der Waals surface area contributed by atoms with Gasteiger partial charge in [-0.25, -0.2) is 9.38 Å². The fourth-order valence-corrected chi connectivity index (χ4v) is 4.83. The van der Waals surface area contributed by atoms with Crippen molar-refractivity contribution in [1.29, 1.82) is 0 Å². The Morgan fingerprint density at radius 1 is 1.09 bits per heavy atom. The maximum atomic E-state index is 14.0. The molecule has 0 bridgehead atoms. The van der Waals surface area contributed by atoms with Crippen molar-refractivity contribution in [3.05, 3.63) is 110 Å². The van der Waals surface area contributed by atoms with Crippen molar-refractivity contribution in [3.63, 3.8) is 0 Å². The van der Waals surface area contributed by atoms with Crippen molar-refractivity contribution in [1.82, 2.24) is 9.88 Å². The van der Waals surface area contributed by atoms with Gasteiger partial charge in [-0.2, -0.15) is 0 Å². The van der Waals surface area contributed by atoms with Crippen LogP contribution >= 0.6 is 11.8 Å². The predicted octanol–water partition coefficient (Wildman–Crippen LogP) is 5.94. The third kappa shape index (κ3) is 4.45. The number of amides is 1. The summed E-state index contributed by atoms with van der Waals surface area (Å²) < 4.78 is 16.1. The van der Waals surface area contributed by atoms with E-state index in [1.165, 1.54) is 18.2 Å². The van der Waals surface area contributed by atoms with Gasteiger partial charge in [0.25, 0.3) is 11.6 Å². The lowest BCUT2D eigenvalue weighted by molar-refractivity contribution is -0.384. The average molecular weight is 487 g/mol. The molecule has 1 aromatic heterocycles. The van der Waals surface area contributed by atoms with Gasteiger partial charge in [0.1, 0.15) is 11.5 Å². The Morgan fingerprint density at radius 3 is 2.54 bits per heavy atom. The number of amidine groups is 1. The number of para-hydroxylation sites is 2. The second-order valence-electron chi connectivity index (χ2n) is 7.96. The number of fused-ring (bicyclic) bond motifs is 1. The van der Waals surface area contributed by atoms with E-state index in [2.05, 4.69) is 14.9 Å². The number of carbonyl (C=O) groups excluding carboxylic acids is 1. The van der Waals surface area contributed by atoms with Crippen LogP contribution in [-0.2, 0) is 11.3 Å². The number of thioether (sulfide) groups is 1. The summed E-state index contributed by atoms with van der Waals surface area (Å²) >= 11 is 1.16. The molecule has 0 atom stereocenters. The maximum Gasteiger partial charge on any atom is 0.269 e. The van der Waals surface area contributed by atoms with Gasteiger partial charge in [-0.3, -0.25) is 14.9 Å². The van der Waals surface area contributed by atoms with Crippen molar-refractivity contribution in [2.24, 2.45) is 4.99 Å². The number of halogens is 1. The normalized spacial score (nSPS) is 15.8. The smallest absolute Gasteiger partial charge is 0.269 e. The first-order chi connectivity index (χ1) is 16.9. The summed E-state index contributed by atoms with van der Waals surface area (Å²) in [7, 11) is 0. The molecule has 1 fully saturated rings. The van der Waals surface area contributed by atoms with Crippen LogP contribution < -0.4 is 5.32 Å². The third-order valence-corrected chi connectivity index (χ3v) is 6.68. The molecular weight excluding hydrogens is 467 g/mol. The van der Waals surface area contributed by atoms with Crippen LogP contribution in [0.1, 0.15) is 16.8 Å². The number of nitro groups is 1. The number of nitro benzene ring substituents is 1. The number of aromatic nitrogens is 1. The van der Waals surface area contributed by atoms with Crippen LogP contribution in [0.4, 0.5) is 15.8 Å². The molecule has 174 valence electrons. The number of benzene rings is 3. The molecule has 0 aliphatic carbocycles. The highest BCUT2D eigenvalue weighted by molar-refractivity contribution is 8.18. The van der Waals surface area contributed by atoms with Crippen LogP contribution in [0.25, 0.3) is 17.0 Å². The first-order valence-corrected chi connectivity index (χ1v) is 11.6. The topological polar surface area (TPSA) is 89.5 Å². The standard InChI is InChI=1S/C26H19FN4O3S/c1-16-20(14-24-25(32)29-26(35-24)28-22-8-4-3-7-21(22)27)19-6-2-5-9-23(19)30(16)15-17-10-12-18(13-11-17)31(33)34/h2-14H,15H2,1H3,(H,28,29,32)/b24-14-. The minimum absolute atomic E-state index is 0.0466. The van der Waals surface area contributed by atoms with Crippen molar-refractivity contribution >= 4 is 51.2 Å². The quantitative estimate of drug-likeness (QED) is 0.215. The number of carbonyl (C=O) groups is 1. The van der Waals surface area contributed by atoms with E-state index in [-0.39, 0.29) is 17.3 Å². The first-order valence-electron chi connectivity index (χ1n) is 10.8.